The third-order valence-electron chi connectivity index (χ3n) is 4.18. The second kappa shape index (κ2) is 8.03. The Morgan fingerprint density at radius 3 is 2.56 bits per heavy atom. The first-order chi connectivity index (χ1) is 12.0. The zero-order valence-electron chi connectivity index (χ0n) is 14.1. The van der Waals surface area contributed by atoms with Gasteiger partial charge in [0.25, 0.3) is 5.91 Å². The quantitative estimate of drug-likeness (QED) is 0.862. The zero-order chi connectivity index (χ0) is 17.8. The van der Waals surface area contributed by atoms with E-state index < -0.39 is 0 Å². The molecule has 25 heavy (non-hydrogen) atoms. The molecule has 0 atom stereocenters. The molecule has 1 amide bonds. The highest BCUT2D eigenvalue weighted by atomic mass is 35.5. The van der Waals surface area contributed by atoms with Gasteiger partial charge in [0.05, 0.1) is 5.69 Å². The Morgan fingerprint density at radius 2 is 1.96 bits per heavy atom. The summed E-state index contributed by atoms with van der Waals surface area (Å²) in [6.45, 7) is 5.95. The minimum atomic E-state index is 0.00724. The van der Waals surface area contributed by atoms with Crippen LogP contribution < -0.4 is 10.5 Å². The number of hydrogen-bond donors (Lipinski definition) is 1. The third kappa shape index (κ3) is 4.84. The van der Waals surface area contributed by atoms with Gasteiger partial charge in [0.1, 0.15) is 5.75 Å². The molecule has 1 aromatic carbocycles. The molecule has 2 aromatic rings. The van der Waals surface area contributed by atoms with E-state index in [1.54, 1.807) is 24.3 Å². The lowest BCUT2D eigenvalue weighted by Gasteiger charge is -2.34. The second-order valence-electron chi connectivity index (χ2n) is 5.96. The maximum atomic E-state index is 12.3. The van der Waals surface area contributed by atoms with Crippen LogP contribution in [0.1, 0.15) is 10.6 Å². The molecule has 1 saturated heterocycles. The lowest BCUT2D eigenvalue weighted by molar-refractivity contribution is -0.135. The number of amides is 1. The van der Waals surface area contributed by atoms with E-state index in [0.717, 1.165) is 25.3 Å². The van der Waals surface area contributed by atoms with Gasteiger partial charge in [-0.2, -0.15) is 0 Å². The number of nitrogens with zero attached hydrogens (tertiary/aromatic N) is 3. The summed E-state index contributed by atoms with van der Waals surface area (Å²) in [6, 6.07) is 7.01. The van der Waals surface area contributed by atoms with Gasteiger partial charge in [-0.3, -0.25) is 9.69 Å². The first-order valence-electron chi connectivity index (χ1n) is 8.11. The molecule has 0 radical (unpaired) electrons. The molecule has 8 heteroatoms. The van der Waals surface area contributed by atoms with E-state index in [0.29, 0.717) is 29.0 Å². The predicted octanol–water partition coefficient (Wildman–Crippen LogP) is 2.41. The molecule has 0 spiro atoms. The number of hydrogen-bond acceptors (Lipinski definition) is 6. The van der Waals surface area contributed by atoms with E-state index >= 15 is 0 Å². The van der Waals surface area contributed by atoms with Gasteiger partial charge in [0.15, 0.2) is 11.7 Å². The van der Waals surface area contributed by atoms with Crippen molar-refractivity contribution in [3.05, 3.63) is 39.9 Å². The first kappa shape index (κ1) is 18.0. The maximum absolute atomic E-state index is 12.3. The average Bonchev–Trinajstić information content (AvgIpc) is 2.92. The molecular formula is C17H21ClN4O2S. The Bertz CT molecular complexity index is 727. The zero-order valence-corrected chi connectivity index (χ0v) is 15.6. The minimum Gasteiger partial charge on any atom is -0.484 e. The van der Waals surface area contributed by atoms with Gasteiger partial charge in [-0.15, -0.1) is 11.3 Å². The largest absolute Gasteiger partial charge is 0.484 e. The average molecular weight is 381 g/mol. The van der Waals surface area contributed by atoms with Gasteiger partial charge in [0, 0.05) is 42.6 Å². The molecular weight excluding hydrogens is 360 g/mol. The number of rotatable bonds is 5. The Balaban J connectivity index is 1.44. The Hall–Kier alpha value is -1.83. The summed E-state index contributed by atoms with van der Waals surface area (Å²) in [5.41, 5.74) is 6.75. The standard InChI is InChI=1S/C17H21ClN4O2S/c1-12-15(25-17(19)20-12)10-21-6-8-22(9-7-21)16(23)11-24-14-4-2-13(18)3-5-14/h2-5H,6-11H2,1H3,(H2,19,20). The summed E-state index contributed by atoms with van der Waals surface area (Å²) in [5, 5.41) is 1.26. The monoisotopic (exact) mass is 380 g/mol. The number of carbonyl (C=O) groups excluding carboxylic acids is 1. The molecule has 1 fully saturated rings. The Morgan fingerprint density at radius 1 is 1.28 bits per heavy atom. The molecule has 0 unspecified atom stereocenters. The van der Waals surface area contributed by atoms with Gasteiger partial charge in [-0.05, 0) is 31.2 Å². The first-order valence-corrected chi connectivity index (χ1v) is 9.31. The maximum Gasteiger partial charge on any atom is 0.260 e. The molecule has 1 aliphatic rings. The van der Waals surface area contributed by atoms with Crippen LogP contribution in [0, 0.1) is 6.92 Å². The summed E-state index contributed by atoms with van der Waals surface area (Å²) in [7, 11) is 0. The molecule has 0 aliphatic carbocycles. The fraction of sp³-hybridized carbons (Fsp3) is 0.412. The van der Waals surface area contributed by atoms with Crippen LogP contribution in [-0.2, 0) is 11.3 Å². The second-order valence-corrected chi connectivity index (χ2v) is 7.51. The normalized spacial score (nSPS) is 15.4. The number of carbonyl (C=O) groups is 1. The van der Waals surface area contributed by atoms with Crippen molar-refractivity contribution in [1.82, 2.24) is 14.8 Å². The third-order valence-corrected chi connectivity index (χ3v) is 5.40. The van der Waals surface area contributed by atoms with Crippen LogP contribution in [-0.4, -0.2) is 53.5 Å². The van der Waals surface area contributed by atoms with Gasteiger partial charge in [-0.1, -0.05) is 11.6 Å². The van der Waals surface area contributed by atoms with Gasteiger partial charge in [0.2, 0.25) is 0 Å². The predicted molar refractivity (Wildman–Crippen MR) is 100 cm³/mol. The van der Waals surface area contributed by atoms with Crippen LogP contribution >= 0.6 is 22.9 Å². The number of nitrogens with two attached hydrogens (primary N) is 1. The van der Waals surface area contributed by atoms with E-state index in [1.807, 2.05) is 11.8 Å². The Labute approximate surface area is 156 Å². The fourth-order valence-corrected chi connectivity index (χ4v) is 3.72. The Kier molecular flexibility index (Phi) is 5.78. The van der Waals surface area contributed by atoms with Gasteiger partial charge in [-0.25, -0.2) is 4.98 Å². The number of anilines is 1. The molecule has 2 N–H and O–H groups in total. The van der Waals surface area contributed by atoms with Crippen LogP contribution in [0.3, 0.4) is 0 Å². The van der Waals surface area contributed by atoms with Crippen molar-refractivity contribution < 1.29 is 9.53 Å². The molecule has 1 aromatic heterocycles. The summed E-state index contributed by atoms with van der Waals surface area (Å²) in [4.78, 5) is 21.9. The van der Waals surface area contributed by atoms with E-state index in [-0.39, 0.29) is 12.5 Å². The van der Waals surface area contributed by atoms with E-state index in [2.05, 4.69) is 9.88 Å². The van der Waals surface area contributed by atoms with E-state index in [1.165, 1.54) is 16.2 Å². The van der Waals surface area contributed by atoms with E-state index in [4.69, 9.17) is 22.1 Å². The van der Waals surface area contributed by atoms with Crippen LogP contribution in [0.2, 0.25) is 5.02 Å². The molecule has 1 aliphatic heterocycles. The molecule has 2 heterocycles. The summed E-state index contributed by atoms with van der Waals surface area (Å²) in [6.07, 6.45) is 0. The molecule has 134 valence electrons. The van der Waals surface area contributed by atoms with Crippen molar-refractivity contribution in [3.8, 4) is 5.75 Å². The number of halogens is 1. The highest BCUT2D eigenvalue weighted by Crippen LogP contribution is 2.22. The number of thiazole rings is 1. The number of aryl methyl sites for hydroxylation is 1. The summed E-state index contributed by atoms with van der Waals surface area (Å²) < 4.78 is 5.53. The SMILES string of the molecule is Cc1nc(N)sc1CN1CCN(C(=O)COc2ccc(Cl)cc2)CC1. The number of aromatic nitrogens is 1. The summed E-state index contributed by atoms with van der Waals surface area (Å²) in [5.74, 6) is 0.655. The van der Waals surface area contributed by atoms with Crippen molar-refractivity contribution in [3.63, 3.8) is 0 Å². The van der Waals surface area contributed by atoms with Crippen LogP contribution in [0.25, 0.3) is 0 Å². The number of piperazine rings is 1. The lowest BCUT2D eigenvalue weighted by Crippen LogP contribution is -2.49. The fourth-order valence-electron chi connectivity index (χ4n) is 2.72. The van der Waals surface area contributed by atoms with Crippen molar-refractivity contribution in [1.29, 1.82) is 0 Å². The molecule has 0 saturated carbocycles. The number of benzene rings is 1. The highest BCUT2D eigenvalue weighted by Gasteiger charge is 2.22. The van der Waals surface area contributed by atoms with Crippen molar-refractivity contribution >= 4 is 34.0 Å². The topological polar surface area (TPSA) is 71.7 Å². The number of nitrogen functional groups attached to an aromatic ring is 1. The molecule has 3 rings (SSSR count). The van der Waals surface area contributed by atoms with Crippen LogP contribution in [0.15, 0.2) is 24.3 Å². The van der Waals surface area contributed by atoms with Gasteiger partial charge >= 0.3 is 0 Å². The van der Waals surface area contributed by atoms with Crippen molar-refractivity contribution in [2.45, 2.75) is 13.5 Å². The smallest absolute Gasteiger partial charge is 0.260 e. The van der Waals surface area contributed by atoms with Crippen molar-refractivity contribution in [2.75, 3.05) is 38.5 Å². The van der Waals surface area contributed by atoms with Crippen LogP contribution in [0.4, 0.5) is 5.13 Å². The highest BCUT2D eigenvalue weighted by molar-refractivity contribution is 7.15. The molecule has 6 nitrogen and oxygen atoms in total. The van der Waals surface area contributed by atoms with Crippen LogP contribution in [0.5, 0.6) is 5.75 Å². The minimum absolute atomic E-state index is 0.00724. The van der Waals surface area contributed by atoms with Gasteiger partial charge < -0.3 is 15.4 Å². The van der Waals surface area contributed by atoms with Crippen molar-refractivity contribution in [2.24, 2.45) is 0 Å². The lowest BCUT2D eigenvalue weighted by atomic mass is 10.3. The molecule has 0 bridgehead atoms. The van der Waals surface area contributed by atoms with E-state index in [9.17, 15) is 4.79 Å². The number of ether oxygens (including phenoxy) is 1. The summed E-state index contributed by atoms with van der Waals surface area (Å²) >= 11 is 7.37.